The summed E-state index contributed by atoms with van der Waals surface area (Å²) in [6, 6.07) is 9.73. The molecule has 0 bridgehead atoms. The number of aromatic nitrogens is 3. The first-order chi connectivity index (χ1) is 8.77. The van der Waals surface area contributed by atoms with E-state index in [-0.39, 0.29) is 6.04 Å². The van der Waals surface area contributed by atoms with E-state index < -0.39 is 0 Å². The van der Waals surface area contributed by atoms with Crippen LogP contribution in [0, 0.1) is 0 Å². The Morgan fingerprint density at radius 1 is 1.11 bits per heavy atom. The molecule has 0 spiro atoms. The number of imidazole rings is 1. The van der Waals surface area contributed by atoms with Gasteiger partial charge >= 0.3 is 0 Å². The van der Waals surface area contributed by atoms with E-state index >= 15 is 0 Å². The summed E-state index contributed by atoms with van der Waals surface area (Å²) in [4.78, 5) is 8.66. The molecule has 2 heterocycles. The second-order valence-electron chi connectivity index (χ2n) is 4.29. The van der Waals surface area contributed by atoms with E-state index in [4.69, 9.17) is 5.73 Å². The molecule has 0 amide bonds. The molecule has 0 radical (unpaired) electrons. The average Bonchev–Trinajstić information content (AvgIpc) is 2.83. The first-order valence-electron chi connectivity index (χ1n) is 5.84. The van der Waals surface area contributed by atoms with Crippen LogP contribution in [0.1, 0.15) is 17.4 Å². The van der Waals surface area contributed by atoms with Crippen molar-refractivity contribution in [2.45, 2.75) is 6.04 Å². The fraction of sp³-hybridized carbons (Fsp3) is 0.143. The van der Waals surface area contributed by atoms with Crippen LogP contribution < -0.4 is 5.73 Å². The Kier molecular flexibility index (Phi) is 2.57. The zero-order chi connectivity index (χ0) is 12.5. The monoisotopic (exact) mass is 238 g/mol. The SMILES string of the molecule is Cn1ccnc1C(N)c1ccnc2ccccc12. The van der Waals surface area contributed by atoms with Crippen molar-refractivity contribution in [3.63, 3.8) is 0 Å². The maximum absolute atomic E-state index is 6.32. The van der Waals surface area contributed by atoms with Crippen molar-refractivity contribution >= 4 is 10.9 Å². The molecule has 1 aromatic carbocycles. The minimum atomic E-state index is -0.238. The van der Waals surface area contributed by atoms with Crippen molar-refractivity contribution in [3.8, 4) is 0 Å². The van der Waals surface area contributed by atoms with Gasteiger partial charge in [-0.25, -0.2) is 4.98 Å². The van der Waals surface area contributed by atoms with Gasteiger partial charge in [0.25, 0.3) is 0 Å². The summed E-state index contributed by atoms with van der Waals surface area (Å²) < 4.78 is 1.94. The number of benzene rings is 1. The maximum atomic E-state index is 6.32. The number of para-hydroxylation sites is 1. The number of aryl methyl sites for hydroxylation is 1. The molecule has 1 atom stereocenters. The van der Waals surface area contributed by atoms with Crippen molar-refractivity contribution in [1.29, 1.82) is 0 Å². The van der Waals surface area contributed by atoms with E-state index in [2.05, 4.69) is 9.97 Å². The van der Waals surface area contributed by atoms with Gasteiger partial charge in [0, 0.05) is 31.0 Å². The minimum Gasteiger partial charge on any atom is -0.336 e. The Bertz CT molecular complexity index is 682. The van der Waals surface area contributed by atoms with Gasteiger partial charge in [0.05, 0.1) is 11.6 Å². The Hall–Kier alpha value is -2.20. The lowest BCUT2D eigenvalue weighted by atomic mass is 10.0. The first kappa shape index (κ1) is 10.9. The third-order valence-electron chi connectivity index (χ3n) is 3.15. The zero-order valence-electron chi connectivity index (χ0n) is 10.1. The van der Waals surface area contributed by atoms with Crippen molar-refractivity contribution in [3.05, 3.63) is 60.3 Å². The fourth-order valence-corrected chi connectivity index (χ4v) is 2.21. The van der Waals surface area contributed by atoms with Gasteiger partial charge < -0.3 is 10.3 Å². The van der Waals surface area contributed by atoms with Gasteiger partial charge in [-0.05, 0) is 17.7 Å². The highest BCUT2D eigenvalue weighted by molar-refractivity contribution is 5.82. The van der Waals surface area contributed by atoms with Crippen LogP contribution in [0.4, 0.5) is 0 Å². The Labute approximate surface area is 105 Å². The number of fused-ring (bicyclic) bond motifs is 1. The molecule has 0 aliphatic carbocycles. The molecule has 0 saturated heterocycles. The lowest BCUT2D eigenvalue weighted by Gasteiger charge is -2.14. The van der Waals surface area contributed by atoms with Gasteiger partial charge in [-0.2, -0.15) is 0 Å². The summed E-state index contributed by atoms with van der Waals surface area (Å²) in [5, 5.41) is 1.08. The number of nitrogens with zero attached hydrogens (tertiary/aromatic N) is 3. The predicted molar refractivity (Wildman–Crippen MR) is 71.0 cm³/mol. The summed E-state index contributed by atoms with van der Waals surface area (Å²) in [5.74, 6) is 0.853. The number of hydrogen-bond donors (Lipinski definition) is 1. The highest BCUT2D eigenvalue weighted by Crippen LogP contribution is 2.24. The van der Waals surface area contributed by atoms with Gasteiger partial charge in [0.2, 0.25) is 0 Å². The number of hydrogen-bond acceptors (Lipinski definition) is 3. The zero-order valence-corrected chi connectivity index (χ0v) is 10.1. The molecule has 4 heteroatoms. The van der Waals surface area contributed by atoms with Crippen molar-refractivity contribution < 1.29 is 0 Å². The van der Waals surface area contributed by atoms with E-state index in [9.17, 15) is 0 Å². The molecule has 0 aliphatic heterocycles. The van der Waals surface area contributed by atoms with Crippen LogP contribution in [0.5, 0.6) is 0 Å². The van der Waals surface area contributed by atoms with E-state index in [1.54, 1.807) is 12.4 Å². The van der Waals surface area contributed by atoms with Gasteiger partial charge in [-0.15, -0.1) is 0 Å². The summed E-state index contributed by atoms with van der Waals surface area (Å²) in [6.07, 6.45) is 5.46. The second kappa shape index (κ2) is 4.23. The molecule has 0 saturated carbocycles. The quantitative estimate of drug-likeness (QED) is 0.743. The van der Waals surface area contributed by atoms with Gasteiger partial charge in [0.15, 0.2) is 0 Å². The fourth-order valence-electron chi connectivity index (χ4n) is 2.21. The molecule has 3 rings (SSSR count). The molecule has 0 fully saturated rings. The smallest absolute Gasteiger partial charge is 0.129 e. The molecule has 1 unspecified atom stereocenters. The third-order valence-corrected chi connectivity index (χ3v) is 3.15. The van der Waals surface area contributed by atoms with Crippen molar-refractivity contribution in [2.75, 3.05) is 0 Å². The van der Waals surface area contributed by atoms with Gasteiger partial charge in [-0.3, -0.25) is 4.98 Å². The lowest BCUT2D eigenvalue weighted by molar-refractivity contribution is 0.720. The highest BCUT2D eigenvalue weighted by Gasteiger charge is 2.15. The Morgan fingerprint density at radius 3 is 2.72 bits per heavy atom. The highest BCUT2D eigenvalue weighted by atomic mass is 15.1. The summed E-state index contributed by atoms with van der Waals surface area (Å²) >= 11 is 0. The van der Waals surface area contributed by atoms with Crippen LogP contribution >= 0.6 is 0 Å². The van der Waals surface area contributed by atoms with Crippen LogP contribution in [0.3, 0.4) is 0 Å². The van der Waals surface area contributed by atoms with Crippen LogP contribution in [-0.2, 0) is 7.05 Å². The largest absolute Gasteiger partial charge is 0.336 e. The number of rotatable bonds is 2. The average molecular weight is 238 g/mol. The van der Waals surface area contributed by atoms with Crippen molar-refractivity contribution in [2.24, 2.45) is 12.8 Å². The predicted octanol–water partition coefficient (Wildman–Crippen LogP) is 2.02. The molecule has 4 nitrogen and oxygen atoms in total. The lowest BCUT2D eigenvalue weighted by Crippen LogP contribution is -2.17. The van der Waals surface area contributed by atoms with E-state index in [0.717, 1.165) is 22.3 Å². The van der Waals surface area contributed by atoms with Crippen molar-refractivity contribution in [1.82, 2.24) is 14.5 Å². The number of pyridine rings is 1. The van der Waals surface area contributed by atoms with Gasteiger partial charge in [0.1, 0.15) is 5.82 Å². The third kappa shape index (κ3) is 1.67. The van der Waals surface area contributed by atoms with Crippen LogP contribution in [0.25, 0.3) is 10.9 Å². The number of nitrogens with two attached hydrogens (primary N) is 1. The molecule has 2 aromatic heterocycles. The molecule has 2 N–H and O–H groups in total. The first-order valence-corrected chi connectivity index (χ1v) is 5.84. The maximum Gasteiger partial charge on any atom is 0.129 e. The molecular weight excluding hydrogens is 224 g/mol. The normalized spacial score (nSPS) is 12.8. The molecule has 18 heavy (non-hydrogen) atoms. The van der Waals surface area contributed by atoms with Gasteiger partial charge in [-0.1, -0.05) is 18.2 Å². The van der Waals surface area contributed by atoms with Crippen LogP contribution in [-0.4, -0.2) is 14.5 Å². The molecule has 3 aromatic rings. The van der Waals surface area contributed by atoms with Crippen LogP contribution in [0.15, 0.2) is 48.9 Å². The molecular formula is C14H14N4. The molecule has 90 valence electrons. The van der Waals surface area contributed by atoms with Crippen LogP contribution in [0.2, 0.25) is 0 Å². The Balaban J connectivity index is 2.18. The second-order valence-corrected chi connectivity index (χ2v) is 4.29. The Morgan fingerprint density at radius 2 is 1.94 bits per heavy atom. The molecule has 0 aliphatic rings. The van der Waals surface area contributed by atoms with E-state index in [0.29, 0.717) is 0 Å². The minimum absolute atomic E-state index is 0.238. The summed E-state index contributed by atoms with van der Waals surface area (Å²) in [7, 11) is 1.95. The summed E-state index contributed by atoms with van der Waals surface area (Å²) in [6.45, 7) is 0. The van der Waals surface area contributed by atoms with E-state index in [1.807, 2.05) is 48.1 Å². The standard InChI is InChI=1S/C14H14N4/c1-18-9-8-17-14(18)13(15)11-6-7-16-12-5-3-2-4-10(11)12/h2-9,13H,15H2,1H3. The summed E-state index contributed by atoms with van der Waals surface area (Å²) in [5.41, 5.74) is 8.33. The topological polar surface area (TPSA) is 56.7 Å². The van der Waals surface area contributed by atoms with E-state index in [1.165, 1.54) is 0 Å².